The molecule has 0 heterocycles. The number of amides is 2. The van der Waals surface area contributed by atoms with E-state index in [1.165, 1.54) is 7.11 Å². The highest BCUT2D eigenvalue weighted by molar-refractivity contribution is 6.11. The number of ether oxygens (including phenoxy) is 1. The van der Waals surface area contributed by atoms with Crippen LogP contribution in [0.15, 0.2) is 78.9 Å². The molecule has 0 saturated heterocycles. The van der Waals surface area contributed by atoms with E-state index in [0.717, 1.165) is 5.56 Å². The minimum absolute atomic E-state index is 0.0759. The van der Waals surface area contributed by atoms with Gasteiger partial charge in [0.2, 0.25) is 11.8 Å². The molecule has 6 N–H and O–H groups in total. The zero-order chi connectivity index (χ0) is 27.4. The number of hydrogen-bond donors (Lipinski definition) is 5. The molecular formula is C27H28N4O6. The Kier molecular flexibility index (Phi) is 10.5. The molecule has 0 aliphatic rings. The number of carbonyl (C=O) groups is 4. The van der Waals surface area contributed by atoms with Crippen LogP contribution in [0.4, 0.5) is 5.69 Å². The van der Waals surface area contributed by atoms with Crippen molar-refractivity contribution < 1.29 is 29.0 Å². The summed E-state index contributed by atoms with van der Waals surface area (Å²) in [6.45, 7) is 1.55. The number of nitrogens with one attached hydrogen (secondary N) is 3. The Bertz CT molecular complexity index is 1230. The summed E-state index contributed by atoms with van der Waals surface area (Å²) in [6, 6.07) is 21.6. The number of benzene rings is 3. The number of anilines is 1. The van der Waals surface area contributed by atoms with E-state index in [-0.39, 0.29) is 12.3 Å². The average Bonchev–Trinajstić information content (AvgIpc) is 2.89. The molecule has 10 heteroatoms. The highest BCUT2D eigenvalue weighted by Gasteiger charge is 2.29. The van der Waals surface area contributed by atoms with Crippen LogP contribution in [-0.4, -0.2) is 42.3 Å². The smallest absolute Gasteiger partial charge is 0.337 e. The summed E-state index contributed by atoms with van der Waals surface area (Å²) in [4.78, 5) is 46.4. The van der Waals surface area contributed by atoms with Crippen molar-refractivity contribution in [2.24, 2.45) is 5.73 Å². The van der Waals surface area contributed by atoms with Crippen molar-refractivity contribution in [2.75, 3.05) is 12.4 Å². The molecule has 10 nitrogen and oxygen atoms in total. The number of methoxy groups -OCH3 is 1. The second kappa shape index (κ2) is 13.8. The van der Waals surface area contributed by atoms with Crippen LogP contribution in [0.25, 0.3) is 0 Å². The number of carbonyl (C=O) groups excluding carboxylic acids is 3. The van der Waals surface area contributed by atoms with Crippen LogP contribution in [0.2, 0.25) is 0 Å². The summed E-state index contributed by atoms with van der Waals surface area (Å²) >= 11 is 0. The Morgan fingerprint density at radius 3 is 1.95 bits per heavy atom. The lowest BCUT2D eigenvalue weighted by Crippen LogP contribution is -2.37. The molecule has 3 aromatic rings. The summed E-state index contributed by atoms with van der Waals surface area (Å²) < 4.78 is 4.71. The minimum atomic E-state index is -1.09. The Hall–Kier alpha value is -4.99. The van der Waals surface area contributed by atoms with Crippen molar-refractivity contribution in [3.05, 3.63) is 101 Å². The molecule has 192 valence electrons. The van der Waals surface area contributed by atoms with E-state index in [9.17, 15) is 14.4 Å². The van der Waals surface area contributed by atoms with Crippen molar-refractivity contribution in [3.63, 3.8) is 0 Å². The number of esters is 1. The Balaban J connectivity index is 0.00000153. The van der Waals surface area contributed by atoms with Crippen molar-refractivity contribution in [3.8, 4) is 0 Å². The van der Waals surface area contributed by atoms with E-state index in [4.69, 9.17) is 25.8 Å². The van der Waals surface area contributed by atoms with Gasteiger partial charge in [0.15, 0.2) is 0 Å². The van der Waals surface area contributed by atoms with Gasteiger partial charge in [0.05, 0.1) is 18.7 Å². The second-order valence-corrected chi connectivity index (χ2v) is 7.77. The molecule has 2 atom stereocenters. The fourth-order valence-electron chi connectivity index (χ4n) is 3.42. The van der Waals surface area contributed by atoms with Gasteiger partial charge in [0, 0.05) is 11.3 Å². The Labute approximate surface area is 214 Å². The van der Waals surface area contributed by atoms with E-state index < -0.39 is 29.7 Å². The molecule has 3 aromatic carbocycles. The molecule has 0 saturated carbocycles. The Morgan fingerprint density at radius 1 is 0.892 bits per heavy atom. The highest BCUT2D eigenvalue weighted by atomic mass is 16.5. The van der Waals surface area contributed by atoms with E-state index >= 15 is 0 Å². The van der Waals surface area contributed by atoms with E-state index in [1.807, 2.05) is 6.07 Å². The highest BCUT2D eigenvalue weighted by Crippen LogP contribution is 2.22. The van der Waals surface area contributed by atoms with E-state index in [0.29, 0.717) is 22.4 Å². The predicted molar refractivity (Wildman–Crippen MR) is 138 cm³/mol. The standard InChI is InChI=1S/C26H26N4O4.CH2O2/c1-16(17-8-10-20(11-9-17)26(33)34-2)29-24(31)22(18-6-4-3-5-7-18)25(32)30-21-14-12-19(13-15-21)23(27)28;2-1-3/h3-16,22H,1-2H3,(H3,27,28)(H,29,31)(H,30,32);1H,(H,2,3). The molecule has 0 aliphatic carbocycles. The van der Waals surface area contributed by atoms with Gasteiger partial charge in [0.25, 0.3) is 6.47 Å². The first kappa shape index (κ1) is 28.2. The van der Waals surface area contributed by atoms with Gasteiger partial charge in [-0.15, -0.1) is 0 Å². The fraction of sp³-hybridized carbons (Fsp3) is 0.148. The molecule has 0 radical (unpaired) electrons. The Morgan fingerprint density at radius 2 is 1.43 bits per heavy atom. The second-order valence-electron chi connectivity index (χ2n) is 7.77. The van der Waals surface area contributed by atoms with Crippen LogP contribution in [0.1, 0.15) is 45.9 Å². The third kappa shape index (κ3) is 8.03. The zero-order valence-electron chi connectivity index (χ0n) is 20.3. The molecule has 0 bridgehead atoms. The topological polar surface area (TPSA) is 172 Å². The zero-order valence-corrected chi connectivity index (χ0v) is 20.3. The summed E-state index contributed by atoms with van der Waals surface area (Å²) in [7, 11) is 1.31. The maximum atomic E-state index is 13.2. The normalized spacial score (nSPS) is 11.5. The molecule has 2 unspecified atom stereocenters. The monoisotopic (exact) mass is 504 g/mol. The molecule has 37 heavy (non-hydrogen) atoms. The van der Waals surface area contributed by atoms with Crippen LogP contribution in [0, 0.1) is 5.41 Å². The number of nitrogens with two attached hydrogens (primary N) is 1. The molecule has 0 spiro atoms. The average molecular weight is 505 g/mol. The van der Waals surface area contributed by atoms with Crippen LogP contribution >= 0.6 is 0 Å². The van der Waals surface area contributed by atoms with Crippen LogP contribution in [-0.2, 0) is 19.1 Å². The summed E-state index contributed by atoms with van der Waals surface area (Å²) in [5.41, 5.74) is 8.21. The van der Waals surface area contributed by atoms with Gasteiger partial charge in [-0.25, -0.2) is 4.79 Å². The van der Waals surface area contributed by atoms with Crippen LogP contribution in [0.5, 0.6) is 0 Å². The van der Waals surface area contributed by atoms with Gasteiger partial charge in [-0.1, -0.05) is 42.5 Å². The van der Waals surface area contributed by atoms with E-state index in [2.05, 4.69) is 10.6 Å². The molecular weight excluding hydrogens is 476 g/mol. The third-order valence-electron chi connectivity index (χ3n) is 5.31. The van der Waals surface area contributed by atoms with Gasteiger partial charge in [-0.2, -0.15) is 0 Å². The van der Waals surface area contributed by atoms with E-state index in [1.54, 1.807) is 79.7 Å². The molecule has 0 fully saturated rings. The first-order chi connectivity index (χ1) is 17.7. The lowest BCUT2D eigenvalue weighted by atomic mass is 9.96. The molecule has 0 aliphatic heterocycles. The fourth-order valence-corrected chi connectivity index (χ4v) is 3.42. The quantitative estimate of drug-likeness (QED) is 0.103. The van der Waals surface area contributed by atoms with Crippen molar-refractivity contribution >= 4 is 35.8 Å². The van der Waals surface area contributed by atoms with Crippen LogP contribution < -0.4 is 16.4 Å². The number of nitrogen functional groups attached to an aromatic ring is 1. The lowest BCUT2D eigenvalue weighted by molar-refractivity contribution is -0.129. The summed E-state index contributed by atoms with van der Waals surface area (Å²) in [6.07, 6.45) is 0. The van der Waals surface area contributed by atoms with Gasteiger partial charge in [-0.05, 0) is 54.4 Å². The van der Waals surface area contributed by atoms with Crippen molar-refractivity contribution in [2.45, 2.75) is 18.9 Å². The summed E-state index contributed by atoms with van der Waals surface area (Å²) in [5.74, 6) is -2.57. The number of carboxylic acid groups (broad SMARTS) is 1. The maximum absolute atomic E-state index is 13.2. The van der Waals surface area contributed by atoms with Crippen molar-refractivity contribution in [1.82, 2.24) is 5.32 Å². The first-order valence-electron chi connectivity index (χ1n) is 11.1. The summed E-state index contributed by atoms with van der Waals surface area (Å²) in [5, 5.41) is 20.0. The minimum Gasteiger partial charge on any atom is -0.483 e. The lowest BCUT2D eigenvalue weighted by Gasteiger charge is -2.21. The molecule has 0 aromatic heterocycles. The van der Waals surface area contributed by atoms with Crippen molar-refractivity contribution in [1.29, 1.82) is 5.41 Å². The SMILES string of the molecule is COC(=O)c1ccc(C(C)NC(=O)C(C(=O)Nc2ccc(C(=N)N)cc2)c2ccccc2)cc1.O=CO. The first-order valence-corrected chi connectivity index (χ1v) is 11.1. The molecule has 2 amide bonds. The predicted octanol–water partition coefficient (Wildman–Crippen LogP) is 3.06. The number of amidine groups is 1. The molecule has 3 rings (SSSR count). The van der Waals surface area contributed by atoms with Gasteiger partial charge in [0.1, 0.15) is 11.8 Å². The largest absolute Gasteiger partial charge is 0.483 e. The van der Waals surface area contributed by atoms with Gasteiger partial charge >= 0.3 is 5.97 Å². The maximum Gasteiger partial charge on any atom is 0.337 e. The van der Waals surface area contributed by atoms with Crippen LogP contribution in [0.3, 0.4) is 0 Å². The third-order valence-corrected chi connectivity index (χ3v) is 5.31. The number of hydrogen-bond acceptors (Lipinski definition) is 6. The number of rotatable bonds is 8. The van der Waals surface area contributed by atoms with Gasteiger partial charge in [-0.3, -0.25) is 19.8 Å². The van der Waals surface area contributed by atoms with Gasteiger partial charge < -0.3 is 26.2 Å².